The number of hydrogen-bond donors (Lipinski definition) is 2. The van der Waals surface area contributed by atoms with Gasteiger partial charge in [-0.1, -0.05) is 26.7 Å². The lowest BCUT2D eigenvalue weighted by atomic mass is 9.95. The average molecular weight is 263 g/mol. The molecule has 0 spiro atoms. The minimum absolute atomic E-state index is 0.0590. The van der Waals surface area contributed by atoms with Crippen LogP contribution in [-0.4, -0.2) is 24.0 Å². The normalized spacial score (nSPS) is 12.3. The molecule has 1 atom stereocenters. The Hall–Kier alpha value is -1.58. The van der Waals surface area contributed by atoms with E-state index in [0.29, 0.717) is 11.5 Å². The Labute approximate surface area is 116 Å². The van der Waals surface area contributed by atoms with Crippen molar-refractivity contribution in [3.8, 4) is 0 Å². The van der Waals surface area contributed by atoms with E-state index in [1.807, 2.05) is 20.0 Å². The van der Waals surface area contributed by atoms with Crippen LogP contribution >= 0.6 is 0 Å². The van der Waals surface area contributed by atoms with Gasteiger partial charge < -0.3 is 10.6 Å². The molecule has 0 bridgehead atoms. The van der Waals surface area contributed by atoms with Gasteiger partial charge in [0.2, 0.25) is 0 Å². The van der Waals surface area contributed by atoms with E-state index in [0.717, 1.165) is 24.2 Å². The summed E-state index contributed by atoms with van der Waals surface area (Å²) >= 11 is 0. The van der Waals surface area contributed by atoms with Gasteiger partial charge in [0.25, 0.3) is 5.91 Å². The lowest BCUT2D eigenvalue weighted by Gasteiger charge is -2.23. The zero-order valence-corrected chi connectivity index (χ0v) is 12.6. The van der Waals surface area contributed by atoms with E-state index < -0.39 is 0 Å². The van der Waals surface area contributed by atoms with Gasteiger partial charge >= 0.3 is 0 Å². The van der Waals surface area contributed by atoms with Crippen LogP contribution in [0.3, 0.4) is 0 Å². The molecule has 4 heteroatoms. The molecular formula is C15H25N3O. The molecule has 1 heterocycles. The molecule has 0 fully saturated rings. The Morgan fingerprint density at radius 2 is 2.00 bits per heavy atom. The highest BCUT2D eigenvalue weighted by atomic mass is 16.1. The number of anilines is 1. The van der Waals surface area contributed by atoms with E-state index in [1.54, 1.807) is 6.20 Å². The Kier molecular flexibility index (Phi) is 5.80. The van der Waals surface area contributed by atoms with Crippen LogP contribution in [0, 0.1) is 12.8 Å². The summed E-state index contributed by atoms with van der Waals surface area (Å²) in [7, 11) is 1.82. The number of carbonyl (C=O) groups excluding carboxylic acids is 1. The van der Waals surface area contributed by atoms with Crippen molar-refractivity contribution in [3.05, 3.63) is 23.5 Å². The zero-order chi connectivity index (χ0) is 14.4. The van der Waals surface area contributed by atoms with Crippen molar-refractivity contribution in [2.45, 2.75) is 46.6 Å². The smallest absolute Gasteiger partial charge is 0.255 e. The number of rotatable bonds is 6. The molecule has 106 valence electrons. The molecule has 1 aromatic heterocycles. The lowest BCUT2D eigenvalue weighted by Crippen LogP contribution is -2.38. The van der Waals surface area contributed by atoms with Gasteiger partial charge in [-0.2, -0.15) is 0 Å². The fraction of sp³-hybridized carbons (Fsp3) is 0.600. The second kappa shape index (κ2) is 7.12. The van der Waals surface area contributed by atoms with Crippen molar-refractivity contribution in [1.82, 2.24) is 10.3 Å². The van der Waals surface area contributed by atoms with Gasteiger partial charge in [0.05, 0.1) is 11.3 Å². The van der Waals surface area contributed by atoms with Crippen LogP contribution in [0.25, 0.3) is 0 Å². The van der Waals surface area contributed by atoms with Crippen LogP contribution in [0.15, 0.2) is 12.3 Å². The van der Waals surface area contributed by atoms with Gasteiger partial charge in [0.15, 0.2) is 0 Å². The maximum atomic E-state index is 12.3. The first-order valence-electron chi connectivity index (χ1n) is 6.98. The number of carbonyl (C=O) groups is 1. The van der Waals surface area contributed by atoms with E-state index in [4.69, 9.17) is 0 Å². The summed E-state index contributed by atoms with van der Waals surface area (Å²) in [6, 6.07) is 2.06. The highest BCUT2D eigenvalue weighted by Gasteiger charge is 2.18. The summed E-state index contributed by atoms with van der Waals surface area (Å²) in [6.45, 7) is 8.29. The summed E-state index contributed by atoms with van der Waals surface area (Å²) in [4.78, 5) is 16.5. The number of pyridine rings is 1. The third-order valence-electron chi connectivity index (χ3n) is 3.67. The summed E-state index contributed by atoms with van der Waals surface area (Å²) in [5.74, 6) is 0.455. The molecule has 0 aliphatic rings. The van der Waals surface area contributed by atoms with Crippen molar-refractivity contribution >= 4 is 11.6 Å². The Morgan fingerprint density at radius 3 is 2.53 bits per heavy atom. The van der Waals surface area contributed by atoms with E-state index in [-0.39, 0.29) is 11.9 Å². The highest BCUT2D eigenvalue weighted by Crippen LogP contribution is 2.17. The van der Waals surface area contributed by atoms with Crippen LogP contribution in [0.5, 0.6) is 0 Å². The minimum Gasteiger partial charge on any atom is -0.387 e. The molecule has 4 nitrogen and oxygen atoms in total. The molecule has 0 aromatic carbocycles. The van der Waals surface area contributed by atoms with E-state index in [9.17, 15) is 4.79 Å². The molecule has 0 saturated carbocycles. The number of aryl methyl sites for hydroxylation is 1. The van der Waals surface area contributed by atoms with Gasteiger partial charge in [-0.05, 0) is 25.8 Å². The summed E-state index contributed by atoms with van der Waals surface area (Å²) < 4.78 is 0. The molecule has 1 rings (SSSR count). The van der Waals surface area contributed by atoms with Crippen molar-refractivity contribution in [1.29, 1.82) is 0 Å². The van der Waals surface area contributed by atoms with Crippen LogP contribution in [0.2, 0.25) is 0 Å². The fourth-order valence-corrected chi connectivity index (χ4v) is 2.35. The van der Waals surface area contributed by atoms with Gasteiger partial charge in [-0.3, -0.25) is 9.78 Å². The van der Waals surface area contributed by atoms with Crippen LogP contribution < -0.4 is 10.6 Å². The minimum atomic E-state index is -0.0590. The molecule has 0 aliphatic heterocycles. The van der Waals surface area contributed by atoms with Gasteiger partial charge in [-0.25, -0.2) is 0 Å². The summed E-state index contributed by atoms with van der Waals surface area (Å²) in [6.07, 6.45) is 3.78. The predicted octanol–water partition coefficient (Wildman–Crippen LogP) is 2.99. The molecule has 1 amide bonds. The first-order chi connectivity index (χ1) is 9.03. The number of nitrogens with one attached hydrogen (secondary N) is 2. The molecule has 1 unspecified atom stereocenters. The predicted molar refractivity (Wildman–Crippen MR) is 79.5 cm³/mol. The first-order valence-corrected chi connectivity index (χ1v) is 6.98. The number of nitrogens with zero attached hydrogens (tertiary/aromatic N) is 1. The van der Waals surface area contributed by atoms with E-state index in [2.05, 4.69) is 36.4 Å². The van der Waals surface area contributed by atoms with Crippen LogP contribution in [0.1, 0.15) is 49.7 Å². The van der Waals surface area contributed by atoms with Gasteiger partial charge in [-0.15, -0.1) is 0 Å². The maximum absolute atomic E-state index is 12.3. The highest BCUT2D eigenvalue weighted by molar-refractivity contribution is 5.99. The van der Waals surface area contributed by atoms with Crippen molar-refractivity contribution in [2.75, 3.05) is 12.4 Å². The summed E-state index contributed by atoms with van der Waals surface area (Å²) in [5, 5.41) is 6.12. The van der Waals surface area contributed by atoms with Crippen molar-refractivity contribution < 1.29 is 4.79 Å². The molecular weight excluding hydrogens is 238 g/mol. The first kappa shape index (κ1) is 15.5. The molecule has 19 heavy (non-hydrogen) atoms. The molecule has 0 saturated heterocycles. The van der Waals surface area contributed by atoms with Crippen LogP contribution in [-0.2, 0) is 0 Å². The standard InChI is InChI=1S/C15H25N3O/c1-6-12(7-2)11(4)18-15(19)13-9-17-10(3)8-14(13)16-5/h8-9,11-12H,6-7H2,1-5H3,(H,16,17)(H,18,19). The Bertz CT molecular complexity index is 427. The summed E-state index contributed by atoms with van der Waals surface area (Å²) in [5.41, 5.74) is 2.32. The maximum Gasteiger partial charge on any atom is 0.255 e. The SMILES string of the molecule is CCC(CC)C(C)NC(=O)c1cnc(C)cc1NC. The third kappa shape index (κ3) is 3.94. The fourth-order valence-electron chi connectivity index (χ4n) is 2.35. The number of hydrogen-bond acceptors (Lipinski definition) is 3. The Balaban J connectivity index is 2.83. The number of amides is 1. The second-order valence-corrected chi connectivity index (χ2v) is 4.96. The quantitative estimate of drug-likeness (QED) is 0.829. The largest absolute Gasteiger partial charge is 0.387 e. The third-order valence-corrected chi connectivity index (χ3v) is 3.67. The second-order valence-electron chi connectivity index (χ2n) is 4.96. The number of aromatic nitrogens is 1. The van der Waals surface area contributed by atoms with Gasteiger partial charge in [0, 0.05) is 25.0 Å². The van der Waals surface area contributed by atoms with Crippen molar-refractivity contribution in [3.63, 3.8) is 0 Å². The van der Waals surface area contributed by atoms with Crippen molar-refractivity contribution in [2.24, 2.45) is 5.92 Å². The average Bonchev–Trinajstić information content (AvgIpc) is 2.39. The Morgan fingerprint density at radius 1 is 1.37 bits per heavy atom. The molecule has 0 radical (unpaired) electrons. The van der Waals surface area contributed by atoms with Crippen LogP contribution in [0.4, 0.5) is 5.69 Å². The van der Waals surface area contributed by atoms with E-state index in [1.165, 1.54) is 0 Å². The molecule has 0 aliphatic carbocycles. The molecule has 2 N–H and O–H groups in total. The lowest BCUT2D eigenvalue weighted by molar-refractivity contribution is 0.0925. The topological polar surface area (TPSA) is 54.0 Å². The van der Waals surface area contributed by atoms with Gasteiger partial charge in [0.1, 0.15) is 0 Å². The monoisotopic (exact) mass is 263 g/mol. The van der Waals surface area contributed by atoms with E-state index >= 15 is 0 Å². The zero-order valence-electron chi connectivity index (χ0n) is 12.6. The molecule has 1 aromatic rings.